The van der Waals surface area contributed by atoms with Crippen LogP contribution >= 0.6 is 0 Å². The molecule has 3 aliphatic rings. The number of rotatable bonds is 5. The van der Waals surface area contributed by atoms with Crippen LogP contribution in [0, 0.1) is 32.1 Å². The summed E-state index contributed by atoms with van der Waals surface area (Å²) in [4.78, 5) is 65.1. The Labute approximate surface area is 220 Å². The van der Waals surface area contributed by atoms with E-state index in [4.69, 9.17) is 0 Å². The van der Waals surface area contributed by atoms with Crippen molar-refractivity contribution in [1.29, 1.82) is 0 Å². The van der Waals surface area contributed by atoms with Crippen molar-refractivity contribution in [2.75, 3.05) is 15.1 Å². The average molecular weight is 525 g/mol. The number of anilines is 3. The number of hydrogen-bond donors (Lipinski definition) is 1. The topological polar surface area (TPSA) is 156 Å². The highest BCUT2D eigenvalue weighted by Crippen LogP contribution is 2.49. The van der Waals surface area contributed by atoms with Gasteiger partial charge in [0.25, 0.3) is 11.4 Å². The molecule has 12 heteroatoms. The third-order valence-electron chi connectivity index (χ3n) is 7.35. The van der Waals surface area contributed by atoms with E-state index in [1.165, 1.54) is 48.5 Å². The maximum atomic E-state index is 13.8. The summed E-state index contributed by atoms with van der Waals surface area (Å²) in [5, 5.41) is 24.8. The molecule has 3 amide bonds. The van der Waals surface area contributed by atoms with Gasteiger partial charge in [0.05, 0.1) is 33.4 Å². The second kappa shape index (κ2) is 8.87. The highest BCUT2D eigenvalue weighted by atomic mass is 16.6. The molecule has 0 aliphatic carbocycles. The zero-order chi connectivity index (χ0) is 27.4. The molecule has 3 aliphatic heterocycles. The van der Waals surface area contributed by atoms with Crippen LogP contribution in [0.3, 0.4) is 0 Å². The molecule has 39 heavy (non-hydrogen) atoms. The fourth-order valence-electron chi connectivity index (χ4n) is 5.67. The third-order valence-corrected chi connectivity index (χ3v) is 7.35. The van der Waals surface area contributed by atoms with Crippen LogP contribution in [0.5, 0.6) is 0 Å². The number of nitro groups is 2. The van der Waals surface area contributed by atoms with Crippen LogP contribution in [0.15, 0.2) is 78.9 Å². The van der Waals surface area contributed by atoms with Gasteiger partial charge in [0, 0.05) is 35.6 Å². The number of hydrogen-bond acceptors (Lipinski definition) is 8. The smallest absolute Gasteiger partial charge is 0.269 e. The van der Waals surface area contributed by atoms with Crippen LogP contribution in [-0.2, 0) is 14.4 Å². The van der Waals surface area contributed by atoms with E-state index in [0.29, 0.717) is 11.4 Å². The number of fused-ring (bicyclic) bond motifs is 5. The summed E-state index contributed by atoms with van der Waals surface area (Å²) >= 11 is 0. The van der Waals surface area contributed by atoms with Crippen molar-refractivity contribution >= 4 is 52.2 Å². The van der Waals surface area contributed by atoms with E-state index < -0.39 is 51.5 Å². The summed E-state index contributed by atoms with van der Waals surface area (Å²) in [6.45, 7) is 0. The Kier molecular flexibility index (Phi) is 5.45. The average Bonchev–Trinajstić information content (AvgIpc) is 3.41. The first-order chi connectivity index (χ1) is 18.8. The Morgan fingerprint density at radius 2 is 1.38 bits per heavy atom. The predicted molar refractivity (Wildman–Crippen MR) is 140 cm³/mol. The first kappa shape index (κ1) is 24.0. The first-order valence-electron chi connectivity index (χ1n) is 12.0. The van der Waals surface area contributed by atoms with E-state index in [1.54, 1.807) is 11.0 Å². The van der Waals surface area contributed by atoms with Gasteiger partial charge in [0.2, 0.25) is 17.7 Å². The Morgan fingerprint density at radius 1 is 0.795 bits per heavy atom. The predicted octanol–water partition coefficient (Wildman–Crippen LogP) is 3.53. The highest BCUT2D eigenvalue weighted by Gasteiger charge is 2.64. The van der Waals surface area contributed by atoms with Gasteiger partial charge in [0.15, 0.2) is 0 Å². The molecule has 0 saturated carbocycles. The minimum Gasteiger partial charge on any atom is -0.351 e. The Bertz CT molecular complexity index is 1580. The Morgan fingerprint density at radius 3 is 2.03 bits per heavy atom. The molecule has 3 aromatic carbocycles. The molecular weight excluding hydrogens is 506 g/mol. The molecule has 194 valence electrons. The van der Waals surface area contributed by atoms with Gasteiger partial charge in [-0.1, -0.05) is 30.4 Å². The Balaban J connectivity index is 1.39. The number of carbonyl (C=O) groups excluding carboxylic acids is 3. The van der Waals surface area contributed by atoms with Crippen molar-refractivity contribution in [2.45, 2.75) is 12.1 Å². The van der Waals surface area contributed by atoms with E-state index in [9.17, 15) is 34.6 Å². The number of benzene rings is 3. The van der Waals surface area contributed by atoms with Gasteiger partial charge in [-0.25, -0.2) is 4.90 Å². The standard InChI is InChI=1S/C27H19N5O7/c33-25(28-16-6-8-18(9-7-16)31(36)37)24-23-22(21-14-5-15-3-1-2-4-20(15)30(21)24)26(34)29(27(23)35)17-10-12-19(13-11-17)32(38)39/h1-14,21-24H,(H,28,33)/t21-,22-,23-,24+/m1/s1. The number of para-hydroxylation sites is 1. The second-order valence-electron chi connectivity index (χ2n) is 9.39. The summed E-state index contributed by atoms with van der Waals surface area (Å²) < 4.78 is 0. The number of carbonyl (C=O) groups is 3. The van der Waals surface area contributed by atoms with Crippen LogP contribution in [0.2, 0.25) is 0 Å². The summed E-state index contributed by atoms with van der Waals surface area (Å²) in [5.74, 6) is -3.53. The van der Waals surface area contributed by atoms with Gasteiger partial charge in [0.1, 0.15) is 6.04 Å². The van der Waals surface area contributed by atoms with Crippen LogP contribution in [0.1, 0.15) is 5.56 Å². The largest absolute Gasteiger partial charge is 0.351 e. The molecule has 0 aromatic heterocycles. The second-order valence-corrected chi connectivity index (χ2v) is 9.39. The minimum atomic E-state index is -1.07. The van der Waals surface area contributed by atoms with Gasteiger partial charge >= 0.3 is 0 Å². The molecule has 12 nitrogen and oxygen atoms in total. The van der Waals surface area contributed by atoms with Crippen LogP contribution in [0.4, 0.5) is 28.4 Å². The molecule has 0 spiro atoms. The van der Waals surface area contributed by atoms with Crippen molar-refractivity contribution in [3.63, 3.8) is 0 Å². The third kappa shape index (κ3) is 3.72. The normalized spacial score (nSPS) is 22.8. The van der Waals surface area contributed by atoms with Gasteiger partial charge in [-0.2, -0.15) is 0 Å². The molecule has 4 atom stereocenters. The molecule has 1 N–H and O–H groups in total. The van der Waals surface area contributed by atoms with E-state index in [1.807, 2.05) is 30.4 Å². The van der Waals surface area contributed by atoms with E-state index in [0.717, 1.165) is 10.5 Å². The Hall–Kier alpha value is -5.39. The molecule has 2 saturated heterocycles. The number of nitrogens with zero attached hydrogens (tertiary/aromatic N) is 4. The summed E-state index contributed by atoms with van der Waals surface area (Å²) in [5.41, 5.74) is 1.69. The molecule has 3 heterocycles. The van der Waals surface area contributed by atoms with Crippen molar-refractivity contribution in [2.24, 2.45) is 11.8 Å². The molecule has 6 rings (SSSR count). The quantitative estimate of drug-likeness (QED) is 0.301. The van der Waals surface area contributed by atoms with Crippen molar-refractivity contribution < 1.29 is 24.2 Å². The zero-order valence-electron chi connectivity index (χ0n) is 20.0. The first-order valence-corrected chi connectivity index (χ1v) is 12.0. The molecule has 0 unspecified atom stereocenters. The van der Waals surface area contributed by atoms with Crippen LogP contribution in [0.25, 0.3) is 6.08 Å². The highest BCUT2D eigenvalue weighted by molar-refractivity contribution is 6.25. The van der Waals surface area contributed by atoms with Crippen molar-refractivity contribution in [3.05, 3.63) is 105 Å². The zero-order valence-corrected chi connectivity index (χ0v) is 20.0. The van der Waals surface area contributed by atoms with Crippen molar-refractivity contribution in [3.8, 4) is 0 Å². The molecular formula is C27H19N5O7. The van der Waals surface area contributed by atoms with E-state index in [2.05, 4.69) is 5.32 Å². The SMILES string of the molecule is O=C(Nc1ccc([N+](=O)[O-])cc1)[C@@H]1[C@@H]2C(=O)N(c3ccc([N+](=O)[O-])cc3)C(=O)[C@@H]2[C@H]2C=Cc3ccccc3N21. The summed E-state index contributed by atoms with van der Waals surface area (Å²) in [6.07, 6.45) is 3.67. The van der Waals surface area contributed by atoms with Crippen LogP contribution < -0.4 is 15.1 Å². The van der Waals surface area contributed by atoms with E-state index in [-0.39, 0.29) is 17.1 Å². The minimum absolute atomic E-state index is 0.139. The lowest BCUT2D eigenvalue weighted by molar-refractivity contribution is -0.385. The molecule has 2 fully saturated rings. The maximum Gasteiger partial charge on any atom is 0.269 e. The maximum absolute atomic E-state index is 13.8. The van der Waals surface area contributed by atoms with Gasteiger partial charge in [-0.05, 0) is 35.9 Å². The monoisotopic (exact) mass is 525 g/mol. The lowest BCUT2D eigenvalue weighted by Gasteiger charge is -2.36. The molecule has 3 aromatic rings. The van der Waals surface area contributed by atoms with Gasteiger partial charge in [-0.15, -0.1) is 0 Å². The summed E-state index contributed by atoms with van der Waals surface area (Å²) in [7, 11) is 0. The number of amides is 3. The van der Waals surface area contributed by atoms with E-state index >= 15 is 0 Å². The van der Waals surface area contributed by atoms with Crippen molar-refractivity contribution in [1.82, 2.24) is 0 Å². The fourth-order valence-corrected chi connectivity index (χ4v) is 5.67. The lowest BCUT2D eigenvalue weighted by Crippen LogP contribution is -2.50. The summed E-state index contributed by atoms with van der Waals surface area (Å²) in [6, 6.07) is 16.1. The molecule has 0 radical (unpaired) electrons. The number of nitro benzene ring substituents is 2. The number of imide groups is 1. The fraction of sp³-hybridized carbons (Fsp3) is 0.148. The lowest BCUT2D eigenvalue weighted by atomic mass is 9.88. The number of non-ortho nitro benzene ring substituents is 2. The number of nitrogens with one attached hydrogen (secondary N) is 1. The molecule has 0 bridgehead atoms. The van der Waals surface area contributed by atoms with Gasteiger partial charge < -0.3 is 10.2 Å². The van der Waals surface area contributed by atoms with Gasteiger partial charge in [-0.3, -0.25) is 34.6 Å². The van der Waals surface area contributed by atoms with Crippen LogP contribution in [-0.4, -0.2) is 39.7 Å².